The van der Waals surface area contributed by atoms with Crippen LogP contribution in [-0.2, 0) is 4.79 Å². The molecule has 1 aromatic carbocycles. The summed E-state index contributed by atoms with van der Waals surface area (Å²) < 4.78 is 0. The van der Waals surface area contributed by atoms with Crippen molar-refractivity contribution in [3.8, 4) is 5.75 Å². The Balaban J connectivity index is 1.36. The van der Waals surface area contributed by atoms with E-state index in [0.29, 0.717) is 43.6 Å². The molecule has 2 saturated carbocycles. The molecular weight excluding hydrogens is 304 g/mol. The second-order valence-electron chi connectivity index (χ2n) is 7.42. The molecule has 2 aliphatic carbocycles. The number of carbonyl (C=O) groups excluding carboxylic acids is 2. The average Bonchev–Trinajstić information content (AvgIpc) is 3.24. The van der Waals surface area contributed by atoms with Crippen LogP contribution in [0.1, 0.15) is 36.0 Å². The minimum atomic E-state index is -0.153. The molecular formula is C19H24N2O3. The maximum Gasteiger partial charge on any atom is 0.257 e. The van der Waals surface area contributed by atoms with Gasteiger partial charge in [-0.1, -0.05) is 18.6 Å². The second-order valence-corrected chi connectivity index (χ2v) is 7.42. The lowest BCUT2D eigenvalue weighted by Crippen LogP contribution is -2.52. The van der Waals surface area contributed by atoms with Crippen molar-refractivity contribution in [1.29, 1.82) is 0 Å². The van der Waals surface area contributed by atoms with E-state index in [-0.39, 0.29) is 17.6 Å². The standard InChI is InChI=1S/C19H24N2O3/c22-17-4-2-1-3-15(17)18(23)20-7-9-21(10-8-20)19(24)16-12-13-5-6-14(16)11-13/h1-4,13-14,16,22H,5-12H2. The quantitative estimate of drug-likeness (QED) is 0.904. The van der Waals surface area contributed by atoms with Gasteiger partial charge < -0.3 is 14.9 Å². The highest BCUT2D eigenvalue weighted by Crippen LogP contribution is 2.48. The lowest BCUT2D eigenvalue weighted by Gasteiger charge is -2.37. The number of hydrogen-bond acceptors (Lipinski definition) is 3. The smallest absolute Gasteiger partial charge is 0.257 e. The van der Waals surface area contributed by atoms with Crippen molar-refractivity contribution in [1.82, 2.24) is 9.80 Å². The minimum absolute atomic E-state index is 0.0167. The number of para-hydroxylation sites is 1. The number of carbonyl (C=O) groups is 2. The summed E-state index contributed by atoms with van der Waals surface area (Å²) in [5.41, 5.74) is 0.338. The molecule has 2 bridgehead atoms. The van der Waals surface area contributed by atoms with Crippen LogP contribution in [-0.4, -0.2) is 52.9 Å². The molecule has 1 saturated heterocycles. The molecule has 4 rings (SSSR count). The molecule has 0 aromatic heterocycles. The van der Waals surface area contributed by atoms with E-state index in [4.69, 9.17) is 0 Å². The number of nitrogens with zero attached hydrogens (tertiary/aromatic N) is 2. The SMILES string of the molecule is O=C(c1ccccc1O)N1CCN(C(=O)C2CC3CCC2C3)CC1. The largest absolute Gasteiger partial charge is 0.507 e. The third kappa shape index (κ3) is 2.66. The number of piperazine rings is 1. The van der Waals surface area contributed by atoms with Crippen LogP contribution < -0.4 is 0 Å². The summed E-state index contributed by atoms with van der Waals surface area (Å²) in [5.74, 6) is 1.76. The van der Waals surface area contributed by atoms with Gasteiger partial charge in [0.25, 0.3) is 5.91 Å². The minimum Gasteiger partial charge on any atom is -0.507 e. The van der Waals surface area contributed by atoms with Gasteiger partial charge in [-0.2, -0.15) is 0 Å². The Kier molecular flexibility index (Phi) is 3.94. The summed E-state index contributed by atoms with van der Waals surface area (Å²) in [6.07, 6.45) is 4.83. The van der Waals surface area contributed by atoms with Crippen molar-refractivity contribution in [2.24, 2.45) is 17.8 Å². The van der Waals surface area contributed by atoms with Crippen LogP contribution >= 0.6 is 0 Å². The Morgan fingerprint density at radius 1 is 0.958 bits per heavy atom. The summed E-state index contributed by atoms with van der Waals surface area (Å²) in [6, 6.07) is 6.63. The maximum atomic E-state index is 12.8. The molecule has 3 aliphatic rings. The lowest BCUT2D eigenvalue weighted by atomic mass is 9.87. The summed E-state index contributed by atoms with van der Waals surface area (Å²) in [7, 11) is 0. The molecule has 3 fully saturated rings. The summed E-state index contributed by atoms with van der Waals surface area (Å²) in [6.45, 7) is 2.29. The van der Waals surface area contributed by atoms with E-state index >= 15 is 0 Å². The predicted molar refractivity (Wildman–Crippen MR) is 89.5 cm³/mol. The number of phenols is 1. The first kappa shape index (κ1) is 15.5. The highest BCUT2D eigenvalue weighted by atomic mass is 16.3. The Labute approximate surface area is 142 Å². The summed E-state index contributed by atoms with van der Waals surface area (Å²) >= 11 is 0. The van der Waals surface area contributed by atoms with Gasteiger partial charge in [-0.25, -0.2) is 0 Å². The first-order valence-electron chi connectivity index (χ1n) is 8.99. The fraction of sp³-hybridized carbons (Fsp3) is 0.579. The zero-order chi connectivity index (χ0) is 16.7. The number of fused-ring (bicyclic) bond motifs is 2. The van der Waals surface area contributed by atoms with Crippen LogP contribution in [0.4, 0.5) is 0 Å². The van der Waals surface area contributed by atoms with Crippen LogP contribution in [0.3, 0.4) is 0 Å². The van der Waals surface area contributed by atoms with Crippen molar-refractivity contribution in [2.75, 3.05) is 26.2 Å². The molecule has 2 amide bonds. The van der Waals surface area contributed by atoms with E-state index in [1.54, 1.807) is 23.1 Å². The van der Waals surface area contributed by atoms with Crippen LogP contribution in [0, 0.1) is 17.8 Å². The molecule has 1 heterocycles. The molecule has 3 atom stereocenters. The van der Waals surface area contributed by atoms with E-state index in [9.17, 15) is 14.7 Å². The van der Waals surface area contributed by atoms with Crippen LogP contribution in [0.15, 0.2) is 24.3 Å². The Morgan fingerprint density at radius 3 is 2.29 bits per heavy atom. The second kappa shape index (κ2) is 6.11. The van der Waals surface area contributed by atoms with Crippen LogP contribution in [0.5, 0.6) is 5.75 Å². The number of hydrogen-bond donors (Lipinski definition) is 1. The van der Waals surface area contributed by atoms with Gasteiger partial charge in [-0.05, 0) is 43.2 Å². The zero-order valence-electron chi connectivity index (χ0n) is 13.9. The van der Waals surface area contributed by atoms with Crippen LogP contribution in [0.2, 0.25) is 0 Å². The van der Waals surface area contributed by atoms with Gasteiger partial charge in [0, 0.05) is 32.1 Å². The molecule has 1 aliphatic heterocycles. The van der Waals surface area contributed by atoms with E-state index in [2.05, 4.69) is 0 Å². The third-order valence-electron chi connectivity index (χ3n) is 6.07. The van der Waals surface area contributed by atoms with Crippen molar-refractivity contribution in [2.45, 2.75) is 25.7 Å². The molecule has 5 heteroatoms. The molecule has 0 spiro atoms. The zero-order valence-corrected chi connectivity index (χ0v) is 13.9. The highest BCUT2D eigenvalue weighted by molar-refractivity contribution is 5.97. The fourth-order valence-corrected chi connectivity index (χ4v) is 4.74. The molecule has 3 unspecified atom stereocenters. The number of phenolic OH excluding ortho intramolecular Hbond substituents is 1. The van der Waals surface area contributed by atoms with Gasteiger partial charge in [0.05, 0.1) is 5.56 Å². The normalized spacial score (nSPS) is 29.1. The fourth-order valence-electron chi connectivity index (χ4n) is 4.74. The molecule has 5 nitrogen and oxygen atoms in total. The van der Waals surface area contributed by atoms with Gasteiger partial charge in [-0.3, -0.25) is 9.59 Å². The lowest BCUT2D eigenvalue weighted by molar-refractivity contribution is -0.138. The summed E-state index contributed by atoms with van der Waals surface area (Å²) in [4.78, 5) is 29.0. The first-order valence-corrected chi connectivity index (χ1v) is 8.99. The monoisotopic (exact) mass is 328 g/mol. The number of rotatable bonds is 2. The molecule has 24 heavy (non-hydrogen) atoms. The first-order chi connectivity index (χ1) is 11.6. The number of benzene rings is 1. The van der Waals surface area contributed by atoms with Crippen molar-refractivity contribution in [3.63, 3.8) is 0 Å². The van der Waals surface area contributed by atoms with E-state index in [0.717, 1.165) is 12.3 Å². The molecule has 1 N–H and O–H groups in total. The van der Waals surface area contributed by atoms with Gasteiger partial charge in [0.15, 0.2) is 0 Å². The van der Waals surface area contributed by atoms with Crippen molar-refractivity contribution < 1.29 is 14.7 Å². The van der Waals surface area contributed by atoms with Crippen molar-refractivity contribution in [3.05, 3.63) is 29.8 Å². The summed E-state index contributed by atoms with van der Waals surface area (Å²) in [5, 5.41) is 9.84. The number of amides is 2. The van der Waals surface area contributed by atoms with E-state index < -0.39 is 0 Å². The van der Waals surface area contributed by atoms with Gasteiger partial charge in [0.2, 0.25) is 5.91 Å². The van der Waals surface area contributed by atoms with Crippen LogP contribution in [0.25, 0.3) is 0 Å². The molecule has 1 aromatic rings. The topological polar surface area (TPSA) is 60.9 Å². The van der Waals surface area contributed by atoms with Gasteiger partial charge in [-0.15, -0.1) is 0 Å². The van der Waals surface area contributed by atoms with E-state index in [1.165, 1.54) is 25.3 Å². The maximum absolute atomic E-state index is 12.8. The van der Waals surface area contributed by atoms with Crippen molar-refractivity contribution >= 4 is 11.8 Å². The molecule has 128 valence electrons. The third-order valence-corrected chi connectivity index (χ3v) is 6.07. The Hall–Kier alpha value is -2.04. The highest BCUT2D eigenvalue weighted by Gasteiger charge is 2.44. The number of aromatic hydroxyl groups is 1. The molecule has 0 radical (unpaired) electrons. The Bertz CT molecular complexity index is 652. The average molecular weight is 328 g/mol. The van der Waals surface area contributed by atoms with Gasteiger partial charge >= 0.3 is 0 Å². The predicted octanol–water partition coefficient (Wildman–Crippen LogP) is 2.11. The van der Waals surface area contributed by atoms with E-state index in [1.807, 2.05) is 4.90 Å². The van der Waals surface area contributed by atoms with Gasteiger partial charge in [0.1, 0.15) is 5.75 Å². The Morgan fingerprint density at radius 2 is 1.67 bits per heavy atom.